The van der Waals surface area contributed by atoms with Crippen molar-refractivity contribution in [2.24, 2.45) is 0 Å². The maximum atomic E-state index is 13.0. The number of benzene rings is 1. The van der Waals surface area contributed by atoms with E-state index in [2.05, 4.69) is 12.2 Å². The van der Waals surface area contributed by atoms with Crippen LogP contribution in [0.4, 0.5) is 4.39 Å². The van der Waals surface area contributed by atoms with Crippen LogP contribution in [0.5, 0.6) is 0 Å². The third kappa shape index (κ3) is 5.36. The Bertz CT molecular complexity index is 354. The normalized spacial score (nSPS) is 12.7. The molecule has 0 aliphatic heterocycles. The quantitative estimate of drug-likeness (QED) is 0.683. The van der Waals surface area contributed by atoms with Gasteiger partial charge in [-0.25, -0.2) is 4.39 Å². The van der Waals surface area contributed by atoms with E-state index in [0.29, 0.717) is 11.1 Å². The highest BCUT2D eigenvalue weighted by molar-refractivity contribution is 6.31. The van der Waals surface area contributed by atoms with Gasteiger partial charge in [0.15, 0.2) is 0 Å². The second-order valence-corrected chi connectivity index (χ2v) is 5.18. The van der Waals surface area contributed by atoms with Crippen LogP contribution in [-0.4, -0.2) is 13.1 Å². The van der Waals surface area contributed by atoms with Crippen LogP contribution >= 0.6 is 11.6 Å². The van der Waals surface area contributed by atoms with Gasteiger partial charge in [-0.2, -0.15) is 0 Å². The van der Waals surface area contributed by atoms with Crippen LogP contribution in [0.2, 0.25) is 5.02 Å². The Morgan fingerprint density at radius 2 is 2.06 bits per heavy atom. The molecule has 0 saturated heterocycles. The maximum absolute atomic E-state index is 13.0. The first-order valence-electron chi connectivity index (χ1n) is 6.78. The molecule has 0 spiro atoms. The molecule has 1 rings (SSSR count). The Kier molecular flexibility index (Phi) is 7.29. The van der Waals surface area contributed by atoms with Crippen LogP contribution in [0.3, 0.4) is 0 Å². The van der Waals surface area contributed by atoms with E-state index < -0.39 is 0 Å². The molecule has 0 heterocycles. The molecule has 0 fully saturated rings. The summed E-state index contributed by atoms with van der Waals surface area (Å²) in [6.07, 6.45) is 7.08. The van der Waals surface area contributed by atoms with E-state index in [9.17, 15) is 4.39 Å². The molecule has 3 heteroatoms. The van der Waals surface area contributed by atoms with Crippen LogP contribution in [-0.2, 0) is 6.42 Å². The van der Waals surface area contributed by atoms with E-state index in [0.717, 1.165) is 18.4 Å². The summed E-state index contributed by atoms with van der Waals surface area (Å²) in [4.78, 5) is 0. The molecule has 1 aromatic carbocycles. The highest BCUT2D eigenvalue weighted by Crippen LogP contribution is 2.20. The first-order valence-corrected chi connectivity index (χ1v) is 7.16. The summed E-state index contributed by atoms with van der Waals surface area (Å²) in [5.74, 6) is -0.271. The van der Waals surface area contributed by atoms with E-state index in [1.165, 1.54) is 37.8 Å². The summed E-state index contributed by atoms with van der Waals surface area (Å²) in [6.45, 7) is 2.22. The van der Waals surface area contributed by atoms with E-state index >= 15 is 0 Å². The molecule has 0 radical (unpaired) electrons. The van der Waals surface area contributed by atoms with Crippen LogP contribution in [0.15, 0.2) is 18.2 Å². The molecular formula is C15H23ClFN. The number of halogens is 2. The summed E-state index contributed by atoms with van der Waals surface area (Å²) < 4.78 is 13.0. The van der Waals surface area contributed by atoms with Gasteiger partial charge in [0.1, 0.15) is 5.82 Å². The van der Waals surface area contributed by atoms with Crippen molar-refractivity contribution in [1.82, 2.24) is 5.32 Å². The molecule has 0 saturated carbocycles. The first-order chi connectivity index (χ1) is 8.67. The van der Waals surface area contributed by atoms with Crippen molar-refractivity contribution in [3.63, 3.8) is 0 Å². The lowest BCUT2D eigenvalue weighted by Crippen LogP contribution is -2.27. The molecule has 1 aromatic rings. The van der Waals surface area contributed by atoms with Crippen molar-refractivity contribution < 1.29 is 4.39 Å². The minimum Gasteiger partial charge on any atom is -0.317 e. The lowest BCUT2D eigenvalue weighted by atomic mass is 10.00. The summed E-state index contributed by atoms with van der Waals surface area (Å²) in [5, 5.41) is 3.85. The van der Waals surface area contributed by atoms with Gasteiger partial charge in [-0.1, -0.05) is 50.3 Å². The van der Waals surface area contributed by atoms with Crippen LogP contribution in [0, 0.1) is 5.82 Å². The highest BCUT2D eigenvalue weighted by atomic mass is 35.5. The fourth-order valence-corrected chi connectivity index (χ4v) is 2.36. The smallest absolute Gasteiger partial charge is 0.124 e. The summed E-state index contributed by atoms with van der Waals surface area (Å²) in [5.41, 5.74) is 1.02. The molecule has 0 aliphatic carbocycles. The largest absolute Gasteiger partial charge is 0.317 e. The SMILES string of the molecule is CCCCCCC(Cc1ccc(F)cc1Cl)NC. The number of nitrogens with one attached hydrogen (secondary N) is 1. The predicted molar refractivity (Wildman–Crippen MR) is 76.7 cm³/mol. The zero-order valence-corrected chi connectivity index (χ0v) is 12.1. The Balaban J connectivity index is 2.46. The topological polar surface area (TPSA) is 12.0 Å². The predicted octanol–water partition coefficient (Wildman–Crippen LogP) is 4.58. The molecule has 1 atom stereocenters. The molecule has 1 unspecified atom stereocenters. The second-order valence-electron chi connectivity index (χ2n) is 4.77. The molecule has 102 valence electrons. The van der Waals surface area contributed by atoms with E-state index in [-0.39, 0.29) is 5.82 Å². The standard InChI is InChI=1S/C15H23ClFN/c1-3-4-5-6-7-14(18-2)10-12-8-9-13(17)11-15(12)16/h8-9,11,14,18H,3-7,10H2,1-2H3. The van der Waals surface area contributed by atoms with E-state index in [1.54, 1.807) is 6.07 Å². The Hall–Kier alpha value is -0.600. The highest BCUT2D eigenvalue weighted by Gasteiger charge is 2.10. The van der Waals surface area contributed by atoms with Crippen LogP contribution in [0.1, 0.15) is 44.6 Å². The maximum Gasteiger partial charge on any atom is 0.124 e. The lowest BCUT2D eigenvalue weighted by Gasteiger charge is -2.17. The van der Waals surface area contributed by atoms with Gasteiger partial charge in [0.25, 0.3) is 0 Å². The van der Waals surface area contributed by atoms with Gasteiger partial charge >= 0.3 is 0 Å². The number of likely N-dealkylation sites (N-methyl/N-ethyl adjacent to an activating group) is 1. The van der Waals surface area contributed by atoms with Gasteiger partial charge in [0, 0.05) is 11.1 Å². The molecule has 18 heavy (non-hydrogen) atoms. The summed E-state index contributed by atoms with van der Waals surface area (Å²) in [7, 11) is 1.97. The van der Waals surface area contributed by atoms with Crippen molar-refractivity contribution in [1.29, 1.82) is 0 Å². The average molecular weight is 272 g/mol. The second kappa shape index (κ2) is 8.49. The number of hydrogen-bond acceptors (Lipinski definition) is 1. The van der Waals surface area contributed by atoms with Gasteiger partial charge < -0.3 is 5.32 Å². The van der Waals surface area contributed by atoms with Crippen molar-refractivity contribution in [2.75, 3.05) is 7.05 Å². The lowest BCUT2D eigenvalue weighted by molar-refractivity contribution is 0.484. The Labute approximate surface area is 115 Å². The van der Waals surface area contributed by atoms with Crippen molar-refractivity contribution in [3.8, 4) is 0 Å². The summed E-state index contributed by atoms with van der Waals surface area (Å²) >= 11 is 6.05. The molecule has 1 N–H and O–H groups in total. The zero-order chi connectivity index (χ0) is 13.4. The number of unbranched alkanes of at least 4 members (excludes halogenated alkanes) is 3. The minimum atomic E-state index is -0.271. The van der Waals surface area contributed by atoms with Crippen molar-refractivity contribution in [2.45, 2.75) is 51.5 Å². The van der Waals surface area contributed by atoms with Crippen molar-refractivity contribution >= 4 is 11.6 Å². The number of hydrogen-bond donors (Lipinski definition) is 1. The van der Waals surface area contributed by atoms with Gasteiger partial charge in [0.2, 0.25) is 0 Å². The molecule has 0 amide bonds. The van der Waals surface area contributed by atoms with Crippen molar-refractivity contribution in [3.05, 3.63) is 34.6 Å². The number of rotatable bonds is 8. The molecule has 0 bridgehead atoms. The third-order valence-electron chi connectivity index (χ3n) is 3.30. The van der Waals surface area contributed by atoms with Gasteiger partial charge in [-0.05, 0) is 37.6 Å². The van der Waals surface area contributed by atoms with E-state index in [4.69, 9.17) is 11.6 Å². The van der Waals surface area contributed by atoms with Gasteiger partial charge in [-0.3, -0.25) is 0 Å². The Morgan fingerprint density at radius 1 is 1.28 bits per heavy atom. The molecule has 1 nitrogen and oxygen atoms in total. The fraction of sp³-hybridized carbons (Fsp3) is 0.600. The molecular weight excluding hydrogens is 249 g/mol. The third-order valence-corrected chi connectivity index (χ3v) is 3.65. The van der Waals surface area contributed by atoms with Gasteiger partial charge in [-0.15, -0.1) is 0 Å². The van der Waals surface area contributed by atoms with Crippen LogP contribution in [0.25, 0.3) is 0 Å². The molecule has 0 aliphatic rings. The first kappa shape index (κ1) is 15.5. The minimum absolute atomic E-state index is 0.271. The zero-order valence-electron chi connectivity index (χ0n) is 11.3. The Morgan fingerprint density at radius 3 is 2.67 bits per heavy atom. The molecule has 0 aromatic heterocycles. The fourth-order valence-electron chi connectivity index (χ4n) is 2.12. The average Bonchev–Trinajstić information content (AvgIpc) is 2.35. The van der Waals surface area contributed by atoms with Crippen LogP contribution < -0.4 is 5.32 Å². The monoisotopic (exact) mass is 271 g/mol. The van der Waals surface area contributed by atoms with Gasteiger partial charge in [0.05, 0.1) is 0 Å². The summed E-state index contributed by atoms with van der Waals surface area (Å²) in [6, 6.07) is 5.07. The van der Waals surface area contributed by atoms with E-state index in [1.807, 2.05) is 7.05 Å².